The van der Waals surface area contributed by atoms with Crippen molar-refractivity contribution >= 4 is 5.91 Å². The molecule has 1 unspecified atom stereocenters. The highest BCUT2D eigenvalue weighted by molar-refractivity contribution is 5.77. The molecule has 0 saturated carbocycles. The highest BCUT2D eigenvalue weighted by Crippen LogP contribution is 2.04. The van der Waals surface area contributed by atoms with Crippen LogP contribution in [0.4, 0.5) is 0 Å². The summed E-state index contributed by atoms with van der Waals surface area (Å²) >= 11 is 0. The average molecular weight is 141 g/mol. The van der Waals surface area contributed by atoms with E-state index in [1.807, 2.05) is 13.0 Å². The van der Waals surface area contributed by atoms with Crippen LogP contribution in [0.1, 0.15) is 19.8 Å². The third-order valence-electron chi connectivity index (χ3n) is 1.50. The van der Waals surface area contributed by atoms with E-state index in [0.717, 1.165) is 12.8 Å². The van der Waals surface area contributed by atoms with Crippen molar-refractivity contribution < 1.29 is 4.79 Å². The van der Waals surface area contributed by atoms with Crippen LogP contribution in [0.15, 0.2) is 12.7 Å². The molecule has 0 aromatic rings. The molecule has 1 N–H and O–H groups in total. The zero-order valence-corrected chi connectivity index (χ0v) is 6.68. The quantitative estimate of drug-likeness (QED) is 0.588. The first kappa shape index (κ1) is 9.21. The number of carbonyl (C=O) groups is 1. The fourth-order valence-electron chi connectivity index (χ4n) is 0.745. The summed E-state index contributed by atoms with van der Waals surface area (Å²) in [5.41, 5.74) is 0. The summed E-state index contributed by atoms with van der Waals surface area (Å²) in [7, 11) is 1.66. The van der Waals surface area contributed by atoms with Crippen molar-refractivity contribution in [3.05, 3.63) is 12.7 Å². The first-order valence-electron chi connectivity index (χ1n) is 3.54. The van der Waals surface area contributed by atoms with E-state index in [9.17, 15) is 4.79 Å². The fourth-order valence-corrected chi connectivity index (χ4v) is 0.745. The summed E-state index contributed by atoms with van der Waals surface area (Å²) in [6.07, 6.45) is 3.64. The Balaban J connectivity index is 3.50. The van der Waals surface area contributed by atoms with Crippen molar-refractivity contribution in [2.24, 2.45) is 5.92 Å². The second kappa shape index (κ2) is 5.03. The lowest BCUT2D eigenvalue weighted by Gasteiger charge is -2.06. The summed E-state index contributed by atoms with van der Waals surface area (Å²) < 4.78 is 0. The number of carbonyl (C=O) groups excluding carboxylic acids is 1. The molecule has 0 spiro atoms. The Morgan fingerprint density at radius 1 is 1.80 bits per heavy atom. The summed E-state index contributed by atoms with van der Waals surface area (Å²) in [4.78, 5) is 10.9. The van der Waals surface area contributed by atoms with E-state index in [0.29, 0.717) is 0 Å². The molecule has 0 bridgehead atoms. The minimum Gasteiger partial charge on any atom is -0.359 e. The monoisotopic (exact) mass is 141 g/mol. The van der Waals surface area contributed by atoms with Crippen molar-refractivity contribution in [2.45, 2.75) is 19.8 Å². The summed E-state index contributed by atoms with van der Waals surface area (Å²) in [6, 6.07) is 0. The van der Waals surface area contributed by atoms with Crippen LogP contribution in [0.5, 0.6) is 0 Å². The van der Waals surface area contributed by atoms with Crippen LogP contribution in [-0.2, 0) is 4.79 Å². The largest absolute Gasteiger partial charge is 0.359 e. The van der Waals surface area contributed by atoms with E-state index < -0.39 is 0 Å². The van der Waals surface area contributed by atoms with Gasteiger partial charge in [0.2, 0.25) is 5.91 Å². The highest BCUT2D eigenvalue weighted by Gasteiger charge is 2.08. The van der Waals surface area contributed by atoms with E-state index in [1.165, 1.54) is 0 Å². The van der Waals surface area contributed by atoms with E-state index in [-0.39, 0.29) is 11.8 Å². The third kappa shape index (κ3) is 3.28. The zero-order valence-electron chi connectivity index (χ0n) is 6.68. The molecule has 0 aliphatic heterocycles. The van der Waals surface area contributed by atoms with Crippen molar-refractivity contribution in [3.63, 3.8) is 0 Å². The molecule has 0 aromatic carbocycles. The van der Waals surface area contributed by atoms with Gasteiger partial charge in [0.1, 0.15) is 0 Å². The van der Waals surface area contributed by atoms with Gasteiger partial charge in [-0.2, -0.15) is 0 Å². The summed E-state index contributed by atoms with van der Waals surface area (Å²) in [5, 5.41) is 2.60. The third-order valence-corrected chi connectivity index (χ3v) is 1.50. The SMILES string of the molecule is C=CCCC(C)C(=O)NC. The molecule has 0 radical (unpaired) electrons. The Bertz CT molecular complexity index is 120. The molecule has 1 atom stereocenters. The molecule has 2 nitrogen and oxygen atoms in total. The molecular weight excluding hydrogens is 126 g/mol. The van der Waals surface area contributed by atoms with Crippen molar-refractivity contribution in [3.8, 4) is 0 Å². The Labute approximate surface area is 62.3 Å². The topological polar surface area (TPSA) is 29.1 Å². The number of nitrogens with one attached hydrogen (secondary N) is 1. The van der Waals surface area contributed by atoms with Crippen molar-refractivity contribution in [2.75, 3.05) is 7.05 Å². The van der Waals surface area contributed by atoms with E-state index >= 15 is 0 Å². The molecule has 0 aliphatic carbocycles. The van der Waals surface area contributed by atoms with Gasteiger partial charge >= 0.3 is 0 Å². The average Bonchev–Trinajstić information content (AvgIpc) is 1.98. The maximum atomic E-state index is 10.9. The lowest BCUT2D eigenvalue weighted by Crippen LogP contribution is -2.24. The van der Waals surface area contributed by atoms with Crippen molar-refractivity contribution in [1.82, 2.24) is 5.32 Å². The van der Waals surface area contributed by atoms with Gasteiger partial charge < -0.3 is 5.32 Å². The van der Waals surface area contributed by atoms with Crippen molar-refractivity contribution in [1.29, 1.82) is 0 Å². The number of hydrogen-bond acceptors (Lipinski definition) is 1. The zero-order chi connectivity index (χ0) is 7.98. The molecule has 1 amide bonds. The molecular formula is C8H15NO. The normalized spacial score (nSPS) is 12.2. The fraction of sp³-hybridized carbons (Fsp3) is 0.625. The number of amides is 1. The van der Waals surface area contributed by atoms with E-state index in [2.05, 4.69) is 11.9 Å². The second-order valence-electron chi connectivity index (χ2n) is 2.38. The molecule has 0 rings (SSSR count). The molecule has 0 fully saturated rings. The minimum absolute atomic E-state index is 0.113. The van der Waals surface area contributed by atoms with Gasteiger partial charge in [-0.3, -0.25) is 4.79 Å². The van der Waals surface area contributed by atoms with E-state index in [4.69, 9.17) is 0 Å². The molecule has 2 heteroatoms. The maximum absolute atomic E-state index is 10.9. The van der Waals surface area contributed by atoms with Gasteiger partial charge in [0, 0.05) is 13.0 Å². The van der Waals surface area contributed by atoms with E-state index in [1.54, 1.807) is 7.05 Å². The number of hydrogen-bond donors (Lipinski definition) is 1. The Morgan fingerprint density at radius 2 is 2.40 bits per heavy atom. The first-order valence-corrected chi connectivity index (χ1v) is 3.54. The van der Waals surface area contributed by atoms with Gasteiger partial charge in [0.25, 0.3) is 0 Å². The predicted molar refractivity (Wildman–Crippen MR) is 42.7 cm³/mol. The van der Waals surface area contributed by atoms with Gasteiger partial charge in [-0.05, 0) is 12.8 Å². The van der Waals surface area contributed by atoms with Crippen LogP contribution < -0.4 is 5.32 Å². The molecule has 0 heterocycles. The highest BCUT2D eigenvalue weighted by atomic mass is 16.1. The van der Waals surface area contributed by atoms with Crippen LogP contribution >= 0.6 is 0 Å². The van der Waals surface area contributed by atoms with Gasteiger partial charge in [-0.25, -0.2) is 0 Å². The van der Waals surface area contributed by atoms with Crippen LogP contribution in [0.3, 0.4) is 0 Å². The predicted octanol–water partition coefficient (Wildman–Crippen LogP) is 1.33. The minimum atomic E-state index is 0.113. The van der Waals surface area contributed by atoms with Gasteiger partial charge in [0.15, 0.2) is 0 Å². The smallest absolute Gasteiger partial charge is 0.222 e. The second-order valence-corrected chi connectivity index (χ2v) is 2.38. The van der Waals surface area contributed by atoms with Crippen LogP contribution in [-0.4, -0.2) is 13.0 Å². The molecule has 0 saturated heterocycles. The summed E-state index contributed by atoms with van der Waals surface area (Å²) in [6.45, 7) is 5.51. The number of rotatable bonds is 4. The summed E-state index contributed by atoms with van der Waals surface area (Å²) in [5.74, 6) is 0.227. The Kier molecular flexibility index (Phi) is 4.63. The first-order chi connectivity index (χ1) is 4.72. The maximum Gasteiger partial charge on any atom is 0.222 e. The van der Waals surface area contributed by atoms with Gasteiger partial charge in [0.05, 0.1) is 0 Å². The Hall–Kier alpha value is -0.790. The van der Waals surface area contributed by atoms with Gasteiger partial charge in [-0.15, -0.1) is 6.58 Å². The van der Waals surface area contributed by atoms with Crippen LogP contribution in [0.25, 0.3) is 0 Å². The standard InChI is InChI=1S/C8H15NO/c1-4-5-6-7(2)8(10)9-3/h4,7H,1,5-6H2,2-3H3,(H,9,10). The Morgan fingerprint density at radius 3 is 2.80 bits per heavy atom. The molecule has 10 heavy (non-hydrogen) atoms. The lowest BCUT2D eigenvalue weighted by atomic mass is 10.1. The molecule has 58 valence electrons. The van der Waals surface area contributed by atoms with Crippen LogP contribution in [0, 0.1) is 5.92 Å². The lowest BCUT2D eigenvalue weighted by molar-refractivity contribution is -0.124. The number of allylic oxidation sites excluding steroid dienone is 1. The van der Waals surface area contributed by atoms with Crippen LogP contribution in [0.2, 0.25) is 0 Å². The van der Waals surface area contributed by atoms with Gasteiger partial charge in [-0.1, -0.05) is 13.0 Å². The molecule has 0 aliphatic rings. The molecule has 0 aromatic heterocycles.